The molecule has 30 heavy (non-hydrogen) atoms. The Morgan fingerprint density at radius 2 is 2.13 bits per heavy atom. The molecule has 1 heterocycles. The van der Waals surface area contributed by atoms with Gasteiger partial charge in [0, 0.05) is 17.5 Å². The van der Waals surface area contributed by atoms with E-state index in [4.69, 9.17) is 16.1 Å². The van der Waals surface area contributed by atoms with Crippen molar-refractivity contribution in [1.29, 1.82) is 0 Å². The molecule has 160 valence electrons. The Morgan fingerprint density at radius 3 is 2.77 bits per heavy atom. The first-order valence-electron chi connectivity index (χ1n) is 10.1. The van der Waals surface area contributed by atoms with Crippen molar-refractivity contribution in [2.45, 2.75) is 25.7 Å². The van der Waals surface area contributed by atoms with E-state index < -0.39 is 19.0 Å². The lowest BCUT2D eigenvalue weighted by Gasteiger charge is -2.34. The minimum atomic E-state index is -1.34. The molecule has 8 nitrogen and oxygen atoms in total. The summed E-state index contributed by atoms with van der Waals surface area (Å²) in [6.45, 7) is 6.15. The van der Waals surface area contributed by atoms with Gasteiger partial charge in [-0.2, -0.15) is 0 Å². The Hall–Kier alpha value is -2.78. The molecule has 0 bridgehead atoms. The molecule has 9 heteroatoms. The molecule has 0 saturated heterocycles. The number of carboxylic acid groups (broad SMARTS) is 1. The molecule has 0 spiro atoms. The molecule has 1 aromatic carbocycles. The Labute approximate surface area is 176 Å². The molecule has 0 radical (unpaired) electrons. The molecule has 0 saturated carbocycles. The van der Waals surface area contributed by atoms with Crippen molar-refractivity contribution in [2.24, 2.45) is 35.1 Å². The third-order valence-corrected chi connectivity index (χ3v) is 6.13. The van der Waals surface area contributed by atoms with Gasteiger partial charge in [-0.05, 0) is 42.9 Å². The van der Waals surface area contributed by atoms with Gasteiger partial charge < -0.3 is 31.6 Å². The third-order valence-electron chi connectivity index (χ3n) is 6.13. The maximum atomic E-state index is 12.9. The minimum Gasteiger partial charge on any atom is -0.534 e. The van der Waals surface area contributed by atoms with Crippen LogP contribution in [0.4, 0.5) is 0 Å². The highest BCUT2D eigenvalue weighted by atomic mass is 16.5. The number of carbonyl (C=O) groups is 2. The predicted octanol–water partition coefficient (Wildman–Crippen LogP) is 0.700. The maximum absolute atomic E-state index is 12.9. The van der Waals surface area contributed by atoms with Crippen molar-refractivity contribution in [2.75, 3.05) is 6.54 Å². The van der Waals surface area contributed by atoms with Crippen LogP contribution < -0.4 is 21.4 Å². The molecule has 1 aromatic rings. The van der Waals surface area contributed by atoms with Crippen LogP contribution in [0.3, 0.4) is 0 Å². The number of fused-ring (bicyclic) bond motifs is 1. The molecule has 1 amide bonds. The highest BCUT2D eigenvalue weighted by Gasteiger charge is 2.39. The summed E-state index contributed by atoms with van der Waals surface area (Å²) in [5, 5.41) is 22.5. The number of hydrogen-bond acceptors (Lipinski definition) is 6. The number of aromatic carboxylic acids is 1. The highest BCUT2D eigenvalue weighted by Crippen LogP contribution is 2.35. The zero-order chi connectivity index (χ0) is 22.0. The van der Waals surface area contributed by atoms with Crippen LogP contribution in [0.2, 0.25) is 0 Å². The summed E-state index contributed by atoms with van der Waals surface area (Å²) in [5.74, 6) is -2.16. The van der Waals surface area contributed by atoms with E-state index >= 15 is 0 Å². The summed E-state index contributed by atoms with van der Waals surface area (Å²) in [7, 11) is -1.34. The smallest absolute Gasteiger partial charge is 0.534 e. The molecule has 3 rings (SSSR count). The van der Waals surface area contributed by atoms with E-state index in [1.54, 1.807) is 12.1 Å². The van der Waals surface area contributed by atoms with Crippen molar-refractivity contribution >= 4 is 19.0 Å². The fourth-order valence-corrected chi connectivity index (χ4v) is 4.23. The standard InChI is InChI=1S/C21H28BN3O5/c1-11(13-6-7-15(10-23)17(8-13)12(2)24)20(26)25-18-9-14-4-3-5-16(21(27)28)19(14)30-22(18)29/h3-7,11,13,15,17-18,29H,2,8-10,23-24H2,1H3,(H,25,26)(H,27,28)/t11?,13-,15+,17+,18+/m1/s1. The number of allylic oxidation sites excluding steroid dienone is 2. The summed E-state index contributed by atoms with van der Waals surface area (Å²) in [6.07, 6.45) is 4.96. The van der Waals surface area contributed by atoms with Gasteiger partial charge in [0.1, 0.15) is 5.75 Å². The van der Waals surface area contributed by atoms with Crippen LogP contribution in [0.15, 0.2) is 42.6 Å². The van der Waals surface area contributed by atoms with Gasteiger partial charge in [-0.15, -0.1) is 0 Å². The number of amides is 1. The number of carboxylic acids is 1. The first-order valence-corrected chi connectivity index (χ1v) is 10.1. The number of carbonyl (C=O) groups excluding carboxylic acids is 1. The molecule has 7 N–H and O–H groups in total. The lowest BCUT2D eigenvalue weighted by Crippen LogP contribution is -2.54. The molecule has 1 unspecified atom stereocenters. The van der Waals surface area contributed by atoms with Gasteiger partial charge in [-0.1, -0.05) is 37.8 Å². The molecular weight excluding hydrogens is 385 g/mol. The van der Waals surface area contributed by atoms with Gasteiger partial charge in [0.25, 0.3) is 0 Å². The molecular formula is C21H28BN3O5. The first-order chi connectivity index (χ1) is 14.2. The molecule has 1 aliphatic carbocycles. The minimum absolute atomic E-state index is 0.0143. The summed E-state index contributed by atoms with van der Waals surface area (Å²) in [5.41, 5.74) is 12.9. The van der Waals surface area contributed by atoms with Crippen LogP contribution in [-0.2, 0) is 11.2 Å². The summed E-state index contributed by atoms with van der Waals surface area (Å²) < 4.78 is 5.44. The zero-order valence-electron chi connectivity index (χ0n) is 17.0. The Morgan fingerprint density at radius 1 is 1.40 bits per heavy atom. The largest absolute Gasteiger partial charge is 0.547 e. The van der Waals surface area contributed by atoms with Crippen LogP contribution >= 0.6 is 0 Å². The maximum Gasteiger partial charge on any atom is 0.547 e. The van der Waals surface area contributed by atoms with Crippen molar-refractivity contribution in [3.05, 3.63) is 53.8 Å². The monoisotopic (exact) mass is 413 g/mol. The fraction of sp³-hybridized carbons (Fsp3) is 0.429. The fourth-order valence-electron chi connectivity index (χ4n) is 4.23. The second-order valence-electron chi connectivity index (χ2n) is 8.08. The predicted molar refractivity (Wildman–Crippen MR) is 113 cm³/mol. The van der Waals surface area contributed by atoms with Crippen molar-refractivity contribution in [3.63, 3.8) is 0 Å². The normalized spacial score (nSPS) is 26.3. The average Bonchev–Trinajstić information content (AvgIpc) is 2.72. The summed E-state index contributed by atoms with van der Waals surface area (Å²) in [4.78, 5) is 24.2. The molecule has 1 aliphatic heterocycles. The van der Waals surface area contributed by atoms with Crippen LogP contribution in [0, 0.1) is 23.7 Å². The van der Waals surface area contributed by atoms with Crippen LogP contribution in [0.25, 0.3) is 0 Å². The number of rotatable bonds is 6. The van der Waals surface area contributed by atoms with E-state index in [2.05, 4.69) is 11.9 Å². The molecule has 0 fully saturated rings. The summed E-state index contributed by atoms with van der Waals surface area (Å²) in [6, 6.07) is 4.76. The second kappa shape index (κ2) is 8.93. The van der Waals surface area contributed by atoms with Gasteiger partial charge in [-0.3, -0.25) is 4.79 Å². The first kappa shape index (κ1) is 21.9. The number of hydrogen-bond donors (Lipinski definition) is 5. The number of benzene rings is 1. The number of para-hydroxylation sites is 1. The van der Waals surface area contributed by atoms with Crippen molar-refractivity contribution in [3.8, 4) is 5.75 Å². The van der Waals surface area contributed by atoms with Crippen molar-refractivity contribution in [1.82, 2.24) is 5.32 Å². The van der Waals surface area contributed by atoms with Crippen LogP contribution in [-0.4, -0.2) is 41.6 Å². The van der Waals surface area contributed by atoms with Gasteiger partial charge in [-0.25, -0.2) is 4.79 Å². The van der Waals surface area contributed by atoms with E-state index in [0.717, 1.165) is 0 Å². The van der Waals surface area contributed by atoms with Gasteiger partial charge in [0.15, 0.2) is 0 Å². The van der Waals surface area contributed by atoms with Gasteiger partial charge in [0.05, 0.1) is 11.5 Å². The summed E-state index contributed by atoms with van der Waals surface area (Å²) >= 11 is 0. The zero-order valence-corrected chi connectivity index (χ0v) is 17.0. The van der Waals surface area contributed by atoms with E-state index in [1.807, 2.05) is 19.1 Å². The Balaban J connectivity index is 1.69. The Bertz CT molecular complexity index is 874. The van der Waals surface area contributed by atoms with E-state index in [0.29, 0.717) is 24.2 Å². The van der Waals surface area contributed by atoms with E-state index in [-0.39, 0.29) is 47.3 Å². The third kappa shape index (κ3) is 4.37. The molecule has 2 aliphatic rings. The van der Waals surface area contributed by atoms with E-state index in [9.17, 15) is 19.7 Å². The molecule has 0 aromatic heterocycles. The average molecular weight is 413 g/mol. The quantitative estimate of drug-likeness (QED) is 0.341. The Kier molecular flexibility index (Phi) is 6.53. The van der Waals surface area contributed by atoms with Gasteiger partial charge >= 0.3 is 13.1 Å². The lowest BCUT2D eigenvalue weighted by atomic mass is 9.71. The highest BCUT2D eigenvalue weighted by molar-refractivity contribution is 6.47. The van der Waals surface area contributed by atoms with Crippen LogP contribution in [0.1, 0.15) is 29.3 Å². The number of nitrogens with one attached hydrogen (secondary N) is 1. The van der Waals surface area contributed by atoms with Crippen LogP contribution in [0.5, 0.6) is 5.75 Å². The SMILES string of the molecule is C=C(N)[C@@H]1C[C@H](C(C)C(=O)N[C@H]2Cc3cccc(C(=O)O)c3OB2O)C=C[C@H]1CN. The second-order valence-corrected chi connectivity index (χ2v) is 8.08. The van der Waals surface area contributed by atoms with Gasteiger partial charge in [0.2, 0.25) is 5.91 Å². The number of nitrogens with two attached hydrogens (primary N) is 2. The lowest BCUT2D eigenvalue weighted by molar-refractivity contribution is -0.126. The topological polar surface area (TPSA) is 148 Å². The van der Waals surface area contributed by atoms with Crippen molar-refractivity contribution < 1.29 is 24.4 Å². The van der Waals surface area contributed by atoms with E-state index in [1.165, 1.54) is 6.07 Å². The molecule has 5 atom stereocenters.